The summed E-state index contributed by atoms with van der Waals surface area (Å²) in [6.45, 7) is 7.25. The first-order chi connectivity index (χ1) is 8.90. The highest BCUT2D eigenvalue weighted by Gasteiger charge is 2.23. The van der Waals surface area contributed by atoms with Crippen molar-refractivity contribution in [3.05, 3.63) is 34.3 Å². The van der Waals surface area contributed by atoms with Gasteiger partial charge in [-0.25, -0.2) is 0 Å². The highest BCUT2D eigenvalue weighted by Crippen LogP contribution is 2.24. The van der Waals surface area contributed by atoms with Crippen molar-refractivity contribution in [1.82, 2.24) is 5.32 Å². The number of amides is 1. The number of hydrogen-bond acceptors (Lipinski definition) is 2. The van der Waals surface area contributed by atoms with E-state index >= 15 is 0 Å². The molecule has 0 heterocycles. The third-order valence-electron chi connectivity index (χ3n) is 3.48. The number of rotatable bonds is 6. The predicted octanol–water partition coefficient (Wildman–Crippen LogP) is 2.83. The number of carbonyl (C=O) groups is 1. The van der Waals surface area contributed by atoms with Crippen molar-refractivity contribution in [2.45, 2.75) is 32.6 Å². The van der Waals surface area contributed by atoms with Crippen molar-refractivity contribution in [1.29, 1.82) is 0 Å². The van der Waals surface area contributed by atoms with Gasteiger partial charge in [-0.2, -0.15) is 0 Å². The van der Waals surface area contributed by atoms with E-state index in [9.17, 15) is 4.79 Å². The Bertz CT molecular complexity index is 411. The van der Waals surface area contributed by atoms with E-state index in [1.807, 2.05) is 19.1 Å². The van der Waals surface area contributed by atoms with Crippen LogP contribution in [0.3, 0.4) is 0 Å². The van der Waals surface area contributed by atoms with Crippen molar-refractivity contribution in [3.63, 3.8) is 0 Å². The zero-order valence-corrected chi connectivity index (χ0v) is 13.5. The number of benzene rings is 1. The molecular formula is C15H23BrN2O. The number of carbonyl (C=O) groups excluding carboxylic acids is 1. The van der Waals surface area contributed by atoms with Crippen LogP contribution < -0.4 is 11.1 Å². The van der Waals surface area contributed by atoms with Crippen LogP contribution >= 0.6 is 15.9 Å². The molecule has 3 nitrogen and oxygen atoms in total. The summed E-state index contributed by atoms with van der Waals surface area (Å²) in [6.07, 6.45) is 0.779. The molecule has 1 aromatic rings. The fourth-order valence-corrected chi connectivity index (χ4v) is 2.18. The molecule has 3 N–H and O–H groups in total. The maximum Gasteiger partial charge on any atom is 0.224 e. The number of nitrogens with one attached hydrogen (secondary N) is 1. The van der Waals surface area contributed by atoms with Gasteiger partial charge in [0, 0.05) is 28.9 Å². The van der Waals surface area contributed by atoms with Crippen LogP contribution in [0, 0.1) is 5.92 Å². The molecule has 1 rings (SSSR count). The molecule has 0 bridgehead atoms. The van der Waals surface area contributed by atoms with Crippen molar-refractivity contribution < 1.29 is 4.79 Å². The van der Waals surface area contributed by atoms with Gasteiger partial charge in [0.05, 0.1) is 0 Å². The van der Waals surface area contributed by atoms with Crippen molar-refractivity contribution in [3.8, 4) is 0 Å². The van der Waals surface area contributed by atoms with E-state index in [4.69, 9.17) is 5.73 Å². The van der Waals surface area contributed by atoms with Crippen molar-refractivity contribution in [2.24, 2.45) is 11.7 Å². The normalized spacial score (nSPS) is 13.1. The average molecular weight is 327 g/mol. The molecule has 0 aromatic heterocycles. The van der Waals surface area contributed by atoms with Gasteiger partial charge in [-0.05, 0) is 24.1 Å². The maximum atomic E-state index is 11.9. The Morgan fingerprint density at radius 2 is 1.95 bits per heavy atom. The molecule has 19 heavy (non-hydrogen) atoms. The minimum atomic E-state index is -0.0940. The third kappa shape index (κ3) is 4.62. The zero-order valence-electron chi connectivity index (χ0n) is 11.9. The smallest absolute Gasteiger partial charge is 0.224 e. The second kappa shape index (κ2) is 7.06. The van der Waals surface area contributed by atoms with Gasteiger partial charge in [0.2, 0.25) is 5.91 Å². The predicted molar refractivity (Wildman–Crippen MR) is 83.0 cm³/mol. The topological polar surface area (TPSA) is 55.1 Å². The number of hydrogen-bond donors (Lipinski definition) is 2. The molecule has 0 radical (unpaired) electrons. The van der Waals surface area contributed by atoms with Gasteiger partial charge in [-0.15, -0.1) is 0 Å². The highest BCUT2D eigenvalue weighted by atomic mass is 79.9. The monoisotopic (exact) mass is 326 g/mol. The van der Waals surface area contributed by atoms with Crippen LogP contribution in [0.4, 0.5) is 0 Å². The standard InChI is InChI=1S/C15H23BrN2O/c1-4-11(9-17)14(19)18-10-15(2,3)12-5-7-13(16)8-6-12/h5-8,11H,4,9-10,17H2,1-3H3,(H,18,19). The van der Waals surface area contributed by atoms with Crippen LogP contribution in [-0.2, 0) is 10.2 Å². The van der Waals surface area contributed by atoms with E-state index in [2.05, 4.69) is 47.2 Å². The van der Waals surface area contributed by atoms with Gasteiger partial charge < -0.3 is 11.1 Å². The first kappa shape index (κ1) is 16.2. The lowest BCUT2D eigenvalue weighted by Gasteiger charge is -2.26. The minimum Gasteiger partial charge on any atom is -0.355 e. The molecule has 0 aliphatic heterocycles. The van der Waals surface area contributed by atoms with Crippen LogP contribution in [0.1, 0.15) is 32.8 Å². The molecule has 0 aliphatic carbocycles. The number of halogens is 1. The maximum absolute atomic E-state index is 11.9. The molecule has 1 aromatic carbocycles. The molecule has 0 aliphatic rings. The second-order valence-corrected chi connectivity index (χ2v) is 6.37. The van der Waals surface area contributed by atoms with E-state index in [0.29, 0.717) is 13.1 Å². The molecule has 4 heteroatoms. The van der Waals surface area contributed by atoms with Gasteiger partial charge in [0.15, 0.2) is 0 Å². The summed E-state index contributed by atoms with van der Waals surface area (Å²) < 4.78 is 1.06. The van der Waals surface area contributed by atoms with E-state index in [1.54, 1.807) is 0 Å². The van der Waals surface area contributed by atoms with E-state index in [-0.39, 0.29) is 17.2 Å². The summed E-state index contributed by atoms with van der Waals surface area (Å²) >= 11 is 3.43. The molecule has 0 fully saturated rings. The first-order valence-electron chi connectivity index (χ1n) is 6.64. The molecular weight excluding hydrogens is 304 g/mol. The first-order valence-corrected chi connectivity index (χ1v) is 7.44. The zero-order chi connectivity index (χ0) is 14.5. The lowest BCUT2D eigenvalue weighted by atomic mass is 9.84. The fourth-order valence-electron chi connectivity index (χ4n) is 1.91. The third-order valence-corrected chi connectivity index (χ3v) is 4.01. The Balaban J connectivity index is 2.65. The van der Waals surface area contributed by atoms with Gasteiger partial charge in [-0.3, -0.25) is 4.79 Å². The molecule has 106 valence electrons. The largest absolute Gasteiger partial charge is 0.355 e. The Morgan fingerprint density at radius 3 is 2.42 bits per heavy atom. The molecule has 1 unspecified atom stereocenters. The molecule has 1 amide bonds. The summed E-state index contributed by atoms with van der Waals surface area (Å²) in [5.41, 5.74) is 6.70. The quantitative estimate of drug-likeness (QED) is 0.844. The summed E-state index contributed by atoms with van der Waals surface area (Å²) in [6, 6.07) is 8.20. The fraction of sp³-hybridized carbons (Fsp3) is 0.533. The summed E-state index contributed by atoms with van der Waals surface area (Å²) in [5, 5.41) is 3.01. The Hall–Kier alpha value is -0.870. The lowest BCUT2D eigenvalue weighted by Crippen LogP contribution is -2.41. The molecule has 0 spiro atoms. The van der Waals surface area contributed by atoms with Crippen molar-refractivity contribution >= 4 is 21.8 Å². The van der Waals surface area contributed by atoms with Gasteiger partial charge in [0.25, 0.3) is 0 Å². The summed E-state index contributed by atoms with van der Waals surface area (Å²) in [7, 11) is 0. The molecule has 0 saturated heterocycles. The Labute approximate surface area is 124 Å². The van der Waals surface area contributed by atoms with Crippen LogP contribution in [0.5, 0.6) is 0 Å². The van der Waals surface area contributed by atoms with E-state index in [0.717, 1.165) is 10.9 Å². The van der Waals surface area contributed by atoms with Crippen LogP contribution in [-0.4, -0.2) is 19.0 Å². The van der Waals surface area contributed by atoms with Gasteiger partial charge >= 0.3 is 0 Å². The van der Waals surface area contributed by atoms with E-state index < -0.39 is 0 Å². The van der Waals surface area contributed by atoms with Crippen molar-refractivity contribution in [2.75, 3.05) is 13.1 Å². The SMILES string of the molecule is CCC(CN)C(=O)NCC(C)(C)c1ccc(Br)cc1. The van der Waals surface area contributed by atoms with Gasteiger partial charge in [0.1, 0.15) is 0 Å². The molecule has 1 atom stereocenters. The van der Waals surface area contributed by atoms with Crippen LogP contribution in [0.2, 0.25) is 0 Å². The second-order valence-electron chi connectivity index (χ2n) is 5.45. The summed E-state index contributed by atoms with van der Waals surface area (Å²) in [4.78, 5) is 11.9. The van der Waals surface area contributed by atoms with Gasteiger partial charge in [-0.1, -0.05) is 48.8 Å². The highest BCUT2D eigenvalue weighted by molar-refractivity contribution is 9.10. The Kier molecular flexibility index (Phi) is 6.01. The summed E-state index contributed by atoms with van der Waals surface area (Å²) in [5.74, 6) is -0.0316. The number of nitrogens with two attached hydrogens (primary N) is 1. The Morgan fingerprint density at radius 1 is 1.37 bits per heavy atom. The van der Waals surface area contributed by atoms with Crippen LogP contribution in [0.15, 0.2) is 28.7 Å². The minimum absolute atomic E-state index is 0.0511. The average Bonchev–Trinajstić information content (AvgIpc) is 2.38. The lowest BCUT2D eigenvalue weighted by molar-refractivity contribution is -0.125. The molecule has 0 saturated carbocycles. The van der Waals surface area contributed by atoms with E-state index in [1.165, 1.54) is 5.56 Å². The van der Waals surface area contributed by atoms with Crippen LogP contribution in [0.25, 0.3) is 0 Å².